The second kappa shape index (κ2) is 14.1. The normalized spacial score (nSPS) is 13.8. The standard InChI is InChI=1S/C25H27N3O8/c1-2-12-35-25(34)27-16-21(30)15-19(26)14-20(29)9-8-18(13-17-6-4-3-5-7-17)24(33)36-28-22(31)10-11-23(28)32/h2-9,18,26H,1,10-16H2,(H,27,34)/b9-8+,26-19?/t18-/m0/s1. The van der Waals surface area contributed by atoms with Gasteiger partial charge in [0.05, 0.1) is 12.5 Å². The van der Waals surface area contributed by atoms with E-state index >= 15 is 0 Å². The number of hydrogen-bond acceptors (Lipinski definition) is 9. The first-order chi connectivity index (χ1) is 17.2. The predicted molar refractivity (Wildman–Crippen MR) is 126 cm³/mol. The monoisotopic (exact) mass is 497 g/mol. The molecular formula is C25H27N3O8. The fourth-order valence-electron chi connectivity index (χ4n) is 3.13. The average Bonchev–Trinajstić information content (AvgIpc) is 3.16. The lowest BCUT2D eigenvalue weighted by atomic mass is 9.98. The van der Waals surface area contributed by atoms with Crippen LogP contribution in [0.1, 0.15) is 31.2 Å². The van der Waals surface area contributed by atoms with Crippen LogP contribution in [-0.2, 0) is 40.0 Å². The molecule has 0 aliphatic carbocycles. The van der Waals surface area contributed by atoms with Crippen molar-refractivity contribution in [1.82, 2.24) is 10.4 Å². The van der Waals surface area contributed by atoms with Gasteiger partial charge in [-0.1, -0.05) is 49.1 Å². The van der Waals surface area contributed by atoms with Crippen LogP contribution in [0, 0.1) is 11.3 Å². The van der Waals surface area contributed by atoms with Crippen molar-refractivity contribution in [2.45, 2.75) is 32.1 Å². The summed E-state index contributed by atoms with van der Waals surface area (Å²) >= 11 is 0. The van der Waals surface area contributed by atoms with E-state index in [0.29, 0.717) is 5.06 Å². The van der Waals surface area contributed by atoms with Crippen LogP contribution in [0.25, 0.3) is 0 Å². The Labute approximate surface area is 207 Å². The van der Waals surface area contributed by atoms with Crippen molar-refractivity contribution < 1.29 is 38.3 Å². The van der Waals surface area contributed by atoms with Crippen molar-refractivity contribution in [3.8, 4) is 0 Å². The van der Waals surface area contributed by atoms with E-state index in [0.717, 1.165) is 11.6 Å². The summed E-state index contributed by atoms with van der Waals surface area (Å²) in [6.07, 6.45) is 2.28. The van der Waals surface area contributed by atoms with Crippen LogP contribution in [0.2, 0.25) is 0 Å². The molecule has 0 unspecified atom stereocenters. The molecule has 36 heavy (non-hydrogen) atoms. The lowest BCUT2D eigenvalue weighted by Gasteiger charge is -2.17. The molecule has 3 amide bonds. The van der Waals surface area contributed by atoms with Gasteiger partial charge in [-0.3, -0.25) is 19.2 Å². The van der Waals surface area contributed by atoms with Gasteiger partial charge in [-0.05, 0) is 18.1 Å². The first-order valence-electron chi connectivity index (χ1n) is 11.1. The summed E-state index contributed by atoms with van der Waals surface area (Å²) in [4.78, 5) is 76.8. The van der Waals surface area contributed by atoms with Crippen LogP contribution in [-0.4, -0.2) is 59.4 Å². The highest BCUT2D eigenvalue weighted by Gasteiger charge is 2.34. The summed E-state index contributed by atoms with van der Waals surface area (Å²) in [6.45, 7) is 3.01. The molecule has 1 aliphatic heterocycles. The molecule has 0 aromatic heterocycles. The van der Waals surface area contributed by atoms with Crippen molar-refractivity contribution in [1.29, 1.82) is 5.41 Å². The van der Waals surface area contributed by atoms with Crippen molar-refractivity contribution >= 4 is 41.2 Å². The number of allylic oxidation sites excluding steroid dienone is 1. The summed E-state index contributed by atoms with van der Waals surface area (Å²) in [5.74, 6) is -4.13. The Morgan fingerprint density at radius 3 is 2.39 bits per heavy atom. The highest BCUT2D eigenvalue weighted by molar-refractivity contribution is 6.11. The lowest BCUT2D eigenvalue weighted by Crippen LogP contribution is -2.34. The number of ketones is 2. The highest BCUT2D eigenvalue weighted by atomic mass is 16.7. The summed E-state index contributed by atoms with van der Waals surface area (Å²) < 4.78 is 4.67. The number of ether oxygens (including phenoxy) is 1. The van der Waals surface area contributed by atoms with E-state index in [2.05, 4.69) is 16.6 Å². The maximum atomic E-state index is 12.7. The number of amides is 3. The molecule has 1 fully saturated rings. The molecule has 0 bridgehead atoms. The van der Waals surface area contributed by atoms with Crippen LogP contribution < -0.4 is 5.32 Å². The molecule has 1 aromatic rings. The SMILES string of the molecule is C=CCOC(=O)NCC(=O)CC(=N)CC(=O)/C=C/[C@@H](Cc1ccccc1)C(=O)ON1C(=O)CCC1=O. The molecule has 2 N–H and O–H groups in total. The van der Waals surface area contributed by atoms with Gasteiger partial charge in [-0.25, -0.2) is 9.59 Å². The van der Waals surface area contributed by atoms with Gasteiger partial charge in [0, 0.05) is 31.4 Å². The third-order valence-corrected chi connectivity index (χ3v) is 4.86. The number of hydrogen-bond donors (Lipinski definition) is 2. The molecule has 11 heteroatoms. The lowest BCUT2D eigenvalue weighted by molar-refractivity contribution is -0.199. The van der Waals surface area contributed by atoms with Crippen LogP contribution in [0.4, 0.5) is 4.79 Å². The van der Waals surface area contributed by atoms with Gasteiger partial charge in [-0.2, -0.15) is 0 Å². The van der Waals surface area contributed by atoms with E-state index in [1.807, 2.05) is 0 Å². The molecular weight excluding hydrogens is 470 g/mol. The third-order valence-electron chi connectivity index (χ3n) is 4.86. The Morgan fingerprint density at radius 2 is 1.75 bits per heavy atom. The molecule has 0 spiro atoms. The Hall–Kier alpha value is -4.41. The van der Waals surface area contributed by atoms with Crippen molar-refractivity contribution in [3.05, 3.63) is 60.7 Å². The maximum Gasteiger partial charge on any atom is 0.407 e. The van der Waals surface area contributed by atoms with Gasteiger partial charge in [0.1, 0.15) is 6.61 Å². The van der Waals surface area contributed by atoms with Crippen molar-refractivity contribution in [3.63, 3.8) is 0 Å². The molecule has 1 aliphatic rings. The second-order valence-electron chi connectivity index (χ2n) is 7.85. The molecule has 1 aromatic carbocycles. The zero-order valence-corrected chi connectivity index (χ0v) is 19.6. The summed E-state index contributed by atoms with van der Waals surface area (Å²) in [5, 5.41) is 10.6. The van der Waals surface area contributed by atoms with Crippen LogP contribution in [0.5, 0.6) is 0 Å². The minimum Gasteiger partial charge on any atom is -0.445 e. The molecule has 1 heterocycles. The van der Waals surface area contributed by atoms with E-state index in [1.54, 1.807) is 30.3 Å². The van der Waals surface area contributed by atoms with Gasteiger partial charge < -0.3 is 20.3 Å². The van der Waals surface area contributed by atoms with Crippen molar-refractivity contribution in [2.75, 3.05) is 13.2 Å². The van der Waals surface area contributed by atoms with Crippen LogP contribution in [0.3, 0.4) is 0 Å². The highest BCUT2D eigenvalue weighted by Crippen LogP contribution is 2.17. The fraction of sp³-hybridized carbons (Fsp3) is 0.320. The molecule has 11 nitrogen and oxygen atoms in total. The fourth-order valence-corrected chi connectivity index (χ4v) is 3.13. The van der Waals surface area contributed by atoms with Crippen molar-refractivity contribution in [2.24, 2.45) is 5.92 Å². The third kappa shape index (κ3) is 9.45. The number of nitrogens with one attached hydrogen (secondary N) is 2. The minimum absolute atomic E-state index is 0.0138. The number of imide groups is 1. The molecule has 0 saturated carbocycles. The topological polar surface area (TPSA) is 160 Å². The Kier molecular flexibility index (Phi) is 10.9. The van der Waals surface area contributed by atoms with Gasteiger partial charge in [0.2, 0.25) is 0 Å². The van der Waals surface area contributed by atoms with Gasteiger partial charge in [0.25, 0.3) is 11.8 Å². The number of Topliss-reactive ketones (excluding diaryl/α,β-unsaturated/α-hetero) is 1. The molecule has 1 atom stereocenters. The Balaban J connectivity index is 1.94. The smallest absolute Gasteiger partial charge is 0.407 e. The van der Waals surface area contributed by atoms with E-state index < -0.39 is 41.4 Å². The maximum absolute atomic E-state index is 12.7. The van der Waals surface area contributed by atoms with Gasteiger partial charge in [-0.15, -0.1) is 5.06 Å². The number of nitrogens with zero attached hydrogens (tertiary/aromatic N) is 1. The average molecular weight is 498 g/mol. The molecule has 2 rings (SSSR count). The quantitative estimate of drug-likeness (QED) is 0.170. The van der Waals surface area contributed by atoms with Crippen LogP contribution >= 0.6 is 0 Å². The molecule has 1 saturated heterocycles. The van der Waals surface area contributed by atoms with Gasteiger partial charge in [0.15, 0.2) is 11.6 Å². The first kappa shape index (κ1) is 27.8. The largest absolute Gasteiger partial charge is 0.445 e. The number of alkyl carbamates (subject to hydrolysis) is 1. The zero-order valence-electron chi connectivity index (χ0n) is 19.6. The number of carbonyl (C=O) groups is 6. The summed E-state index contributed by atoms with van der Waals surface area (Å²) in [7, 11) is 0. The number of carbonyl (C=O) groups excluding carboxylic acids is 6. The Bertz CT molecular complexity index is 1050. The molecule has 190 valence electrons. The number of rotatable bonds is 14. The zero-order chi connectivity index (χ0) is 26.5. The summed E-state index contributed by atoms with van der Waals surface area (Å²) in [5.41, 5.74) is 0.583. The first-order valence-corrected chi connectivity index (χ1v) is 11.1. The van der Waals surface area contributed by atoms with E-state index in [-0.39, 0.29) is 51.0 Å². The predicted octanol–water partition coefficient (Wildman–Crippen LogP) is 1.86. The van der Waals surface area contributed by atoms with E-state index in [9.17, 15) is 28.8 Å². The second-order valence-corrected chi connectivity index (χ2v) is 7.85. The van der Waals surface area contributed by atoms with E-state index in [4.69, 9.17) is 10.2 Å². The van der Waals surface area contributed by atoms with Gasteiger partial charge >= 0.3 is 12.1 Å². The van der Waals surface area contributed by atoms with E-state index in [1.165, 1.54) is 12.2 Å². The Morgan fingerprint density at radius 1 is 1.08 bits per heavy atom. The summed E-state index contributed by atoms with van der Waals surface area (Å²) in [6, 6.07) is 8.87. The molecule has 0 radical (unpaired) electrons. The minimum atomic E-state index is -0.987. The number of hydroxylamine groups is 2. The van der Waals surface area contributed by atoms with Crippen LogP contribution in [0.15, 0.2) is 55.1 Å². The number of benzene rings is 1.